The monoisotopic (exact) mass is 445 g/mol. The molecule has 2 aromatic rings. The van der Waals surface area contributed by atoms with Gasteiger partial charge in [-0.15, -0.1) is 13.2 Å². The molecule has 1 aromatic carbocycles. The normalized spacial score (nSPS) is 15.7. The lowest BCUT2D eigenvalue weighted by atomic mass is 10.0. The van der Waals surface area contributed by atoms with E-state index in [1.165, 1.54) is 10.5 Å². The second-order valence-electron chi connectivity index (χ2n) is 6.39. The highest BCUT2D eigenvalue weighted by molar-refractivity contribution is 7.89. The third-order valence-electron chi connectivity index (χ3n) is 4.52. The third kappa shape index (κ3) is 4.83. The second kappa shape index (κ2) is 8.50. The Bertz CT molecular complexity index is 1090. The molecule has 3 N–H and O–H groups in total. The van der Waals surface area contributed by atoms with Crippen molar-refractivity contribution in [3.05, 3.63) is 64.1 Å². The van der Waals surface area contributed by atoms with Crippen molar-refractivity contribution >= 4 is 15.8 Å². The van der Waals surface area contributed by atoms with E-state index in [4.69, 9.17) is 10.7 Å². The van der Waals surface area contributed by atoms with Gasteiger partial charge in [-0.3, -0.25) is 4.79 Å². The van der Waals surface area contributed by atoms with Crippen LogP contribution in [0.15, 0.2) is 57.9 Å². The Morgan fingerprint density at radius 1 is 1.10 bits per heavy atom. The van der Waals surface area contributed by atoms with Gasteiger partial charge >= 0.3 is 6.36 Å². The van der Waals surface area contributed by atoms with Crippen LogP contribution in [0.1, 0.15) is 18.4 Å². The molecule has 0 amide bonds. The molecular formula is C18H18F3N3O5S. The molecule has 1 aliphatic heterocycles. The maximum absolute atomic E-state index is 12.8. The van der Waals surface area contributed by atoms with Crippen LogP contribution < -0.4 is 16.2 Å². The van der Waals surface area contributed by atoms with Crippen molar-refractivity contribution in [3.8, 4) is 5.75 Å². The molecule has 1 aliphatic rings. The smallest absolute Gasteiger partial charge is 0.411 e. The van der Waals surface area contributed by atoms with Crippen LogP contribution in [-0.2, 0) is 14.9 Å². The average molecular weight is 445 g/mol. The maximum atomic E-state index is 12.8. The van der Waals surface area contributed by atoms with Gasteiger partial charge in [0.15, 0.2) is 5.76 Å². The molecule has 162 valence electrons. The molecule has 30 heavy (non-hydrogen) atoms. The molecule has 8 nitrogen and oxygen atoms in total. The number of ether oxygens (including phenoxy) is 1. The number of piperidine rings is 1. The highest BCUT2D eigenvalue weighted by Gasteiger charge is 2.32. The number of nitrogens with one attached hydrogen (secondary N) is 1. The molecule has 1 fully saturated rings. The van der Waals surface area contributed by atoms with E-state index in [0.29, 0.717) is 5.57 Å². The first-order chi connectivity index (χ1) is 14.1. The summed E-state index contributed by atoms with van der Waals surface area (Å²) in [6.07, 6.45) is -2.85. The van der Waals surface area contributed by atoms with Crippen LogP contribution in [0.25, 0.3) is 5.76 Å². The first kappa shape index (κ1) is 21.9. The summed E-state index contributed by atoms with van der Waals surface area (Å²) in [7, 11) is -3.92. The topological polar surface area (TPSA) is 115 Å². The molecule has 1 aromatic heterocycles. The quantitative estimate of drug-likeness (QED) is 0.539. The number of nitrogens with two attached hydrogens (primary N) is 1. The predicted molar refractivity (Wildman–Crippen MR) is 100 cm³/mol. The summed E-state index contributed by atoms with van der Waals surface area (Å²) in [5, 5.41) is 0. The number of benzene rings is 1. The van der Waals surface area contributed by atoms with Crippen LogP contribution in [0.4, 0.5) is 13.2 Å². The number of H-pyrrole nitrogens is 1. The lowest BCUT2D eigenvalue weighted by Gasteiger charge is -2.28. The molecule has 1 saturated heterocycles. The zero-order valence-electron chi connectivity index (χ0n) is 15.5. The largest absolute Gasteiger partial charge is 0.573 e. The fourth-order valence-corrected chi connectivity index (χ4v) is 4.56. The molecule has 2 heterocycles. The lowest BCUT2D eigenvalue weighted by Crippen LogP contribution is -2.36. The summed E-state index contributed by atoms with van der Waals surface area (Å²) >= 11 is 0. The fraction of sp³-hybridized carbons (Fsp3) is 0.278. The SMILES string of the molecule is NOC(=C1CCN(S(=O)(=O)c2ccc(OC(F)(F)F)cc2)CC1)c1ccc[nH]c1=O. The maximum Gasteiger partial charge on any atom is 0.573 e. The Hall–Kier alpha value is -2.83. The van der Waals surface area contributed by atoms with Gasteiger partial charge < -0.3 is 14.6 Å². The molecule has 0 bridgehead atoms. The van der Waals surface area contributed by atoms with Crippen molar-refractivity contribution in [3.63, 3.8) is 0 Å². The second-order valence-corrected chi connectivity index (χ2v) is 8.32. The van der Waals surface area contributed by atoms with Gasteiger partial charge in [0.1, 0.15) is 5.75 Å². The highest BCUT2D eigenvalue weighted by Crippen LogP contribution is 2.29. The average Bonchev–Trinajstić information content (AvgIpc) is 2.69. The van der Waals surface area contributed by atoms with E-state index < -0.39 is 22.1 Å². The van der Waals surface area contributed by atoms with Crippen LogP contribution in [0.5, 0.6) is 5.75 Å². The number of nitrogens with zero attached hydrogens (tertiary/aromatic N) is 1. The van der Waals surface area contributed by atoms with Gasteiger partial charge in [-0.2, -0.15) is 10.2 Å². The van der Waals surface area contributed by atoms with Gasteiger partial charge in [-0.05, 0) is 54.8 Å². The van der Waals surface area contributed by atoms with Crippen molar-refractivity contribution in [1.82, 2.24) is 9.29 Å². The number of alkyl halides is 3. The van der Waals surface area contributed by atoms with Crippen LogP contribution in [0.3, 0.4) is 0 Å². The Labute approximate surface area is 169 Å². The number of halogens is 3. The molecule has 0 spiro atoms. The van der Waals surface area contributed by atoms with E-state index in [1.807, 2.05) is 0 Å². The number of aromatic amines is 1. The van der Waals surface area contributed by atoms with E-state index >= 15 is 0 Å². The number of hydrogen-bond donors (Lipinski definition) is 2. The molecule has 0 atom stereocenters. The summed E-state index contributed by atoms with van der Waals surface area (Å²) in [6.45, 7) is 0.187. The number of pyridine rings is 1. The van der Waals surface area contributed by atoms with E-state index in [1.54, 1.807) is 12.1 Å². The van der Waals surface area contributed by atoms with Crippen molar-refractivity contribution in [2.75, 3.05) is 13.1 Å². The van der Waals surface area contributed by atoms with E-state index in [9.17, 15) is 26.4 Å². The Kier molecular flexibility index (Phi) is 6.19. The van der Waals surface area contributed by atoms with E-state index in [0.717, 1.165) is 24.3 Å². The lowest BCUT2D eigenvalue weighted by molar-refractivity contribution is -0.274. The van der Waals surface area contributed by atoms with Crippen molar-refractivity contribution < 1.29 is 31.2 Å². The van der Waals surface area contributed by atoms with Gasteiger partial charge in [0.25, 0.3) is 5.56 Å². The van der Waals surface area contributed by atoms with Crippen LogP contribution >= 0.6 is 0 Å². The van der Waals surface area contributed by atoms with Crippen LogP contribution in [0, 0.1) is 0 Å². The van der Waals surface area contributed by atoms with E-state index in [2.05, 4.69) is 9.72 Å². The first-order valence-electron chi connectivity index (χ1n) is 8.74. The standard InChI is InChI=1S/C18H18F3N3O5S/c19-18(20,21)28-13-3-5-14(6-4-13)30(26,27)24-10-7-12(8-11-24)16(29-22)15-2-1-9-23-17(15)25/h1-6,9H,7-8,10-11,22H2,(H,23,25). The molecule has 3 rings (SSSR count). The summed E-state index contributed by atoms with van der Waals surface area (Å²) in [5.41, 5.74) is 0.544. The molecule has 0 radical (unpaired) electrons. The minimum Gasteiger partial charge on any atom is -0.411 e. The minimum absolute atomic E-state index is 0.0933. The Balaban J connectivity index is 1.76. The summed E-state index contributed by atoms with van der Waals surface area (Å²) in [4.78, 5) is 19.2. The number of hydrogen-bond acceptors (Lipinski definition) is 6. The summed E-state index contributed by atoms with van der Waals surface area (Å²) < 4.78 is 67.3. The molecule has 0 unspecified atom stereocenters. The summed E-state index contributed by atoms with van der Waals surface area (Å²) in [6, 6.07) is 7.15. The van der Waals surface area contributed by atoms with Crippen molar-refractivity contribution in [2.24, 2.45) is 5.90 Å². The minimum atomic E-state index is -4.86. The van der Waals surface area contributed by atoms with Crippen molar-refractivity contribution in [2.45, 2.75) is 24.1 Å². The van der Waals surface area contributed by atoms with Crippen molar-refractivity contribution in [1.29, 1.82) is 0 Å². The fourth-order valence-electron chi connectivity index (χ4n) is 3.12. The van der Waals surface area contributed by atoms with Crippen LogP contribution in [0.2, 0.25) is 0 Å². The summed E-state index contributed by atoms with van der Waals surface area (Å²) in [5.74, 6) is 5.03. The van der Waals surface area contributed by atoms with Gasteiger partial charge in [0.2, 0.25) is 10.0 Å². The van der Waals surface area contributed by atoms with Gasteiger partial charge in [-0.25, -0.2) is 8.42 Å². The molecule has 12 heteroatoms. The zero-order valence-corrected chi connectivity index (χ0v) is 16.3. The predicted octanol–water partition coefficient (Wildman–Crippen LogP) is 2.36. The Morgan fingerprint density at radius 2 is 1.73 bits per heavy atom. The molecule has 0 aliphatic carbocycles. The highest BCUT2D eigenvalue weighted by atomic mass is 32.2. The number of sulfonamides is 1. The van der Waals surface area contributed by atoms with Crippen LogP contribution in [-0.4, -0.2) is 37.2 Å². The molecular weight excluding hydrogens is 427 g/mol. The number of aromatic nitrogens is 1. The number of rotatable bonds is 5. The Morgan fingerprint density at radius 3 is 2.27 bits per heavy atom. The van der Waals surface area contributed by atoms with Gasteiger partial charge in [-0.1, -0.05) is 0 Å². The first-order valence-corrected chi connectivity index (χ1v) is 10.2. The zero-order chi connectivity index (χ0) is 21.9. The van der Waals surface area contributed by atoms with Gasteiger partial charge in [0.05, 0.1) is 10.5 Å². The molecule has 0 saturated carbocycles. The third-order valence-corrected chi connectivity index (χ3v) is 6.44. The van der Waals surface area contributed by atoms with E-state index in [-0.39, 0.29) is 47.7 Å². The van der Waals surface area contributed by atoms with Gasteiger partial charge in [0, 0.05) is 19.3 Å².